The summed E-state index contributed by atoms with van der Waals surface area (Å²) >= 11 is 0. The SMILES string of the molecule is CCCC(C#CS(=O)(=O)c1ccc(C)cc1)O/C=C/S(=O)(=O)c1ccc(C)cc1. The summed E-state index contributed by atoms with van der Waals surface area (Å²) < 4.78 is 54.8. The van der Waals surface area contributed by atoms with Gasteiger partial charge in [-0.25, -0.2) is 16.8 Å². The van der Waals surface area contributed by atoms with E-state index in [2.05, 4.69) is 11.2 Å². The van der Waals surface area contributed by atoms with Crippen molar-refractivity contribution in [3.8, 4) is 11.2 Å². The third kappa shape index (κ3) is 6.77. The Balaban J connectivity index is 2.14. The van der Waals surface area contributed by atoms with Gasteiger partial charge >= 0.3 is 0 Å². The van der Waals surface area contributed by atoms with Crippen LogP contribution in [-0.4, -0.2) is 22.9 Å². The molecule has 0 aliphatic heterocycles. The van der Waals surface area contributed by atoms with Crippen LogP contribution < -0.4 is 0 Å². The first-order chi connectivity index (χ1) is 13.6. The number of ether oxygens (including phenoxy) is 1. The summed E-state index contributed by atoms with van der Waals surface area (Å²) in [4.78, 5) is 0.270. The van der Waals surface area contributed by atoms with Gasteiger partial charge in [-0.1, -0.05) is 48.7 Å². The van der Waals surface area contributed by atoms with Crippen LogP contribution in [0.15, 0.2) is 70.0 Å². The Morgan fingerprint density at radius 1 is 0.897 bits per heavy atom. The molecule has 0 spiro atoms. The van der Waals surface area contributed by atoms with Crippen LogP contribution >= 0.6 is 0 Å². The maximum atomic E-state index is 12.4. The topological polar surface area (TPSA) is 77.5 Å². The quantitative estimate of drug-likeness (QED) is 0.373. The van der Waals surface area contributed by atoms with Gasteiger partial charge in [-0.05, 0) is 50.5 Å². The van der Waals surface area contributed by atoms with Crippen LogP contribution in [-0.2, 0) is 24.4 Å². The van der Waals surface area contributed by atoms with E-state index < -0.39 is 25.8 Å². The highest BCUT2D eigenvalue weighted by Crippen LogP contribution is 2.14. The molecule has 5 nitrogen and oxygen atoms in total. The van der Waals surface area contributed by atoms with Gasteiger partial charge in [-0.2, -0.15) is 0 Å². The molecule has 29 heavy (non-hydrogen) atoms. The minimum absolute atomic E-state index is 0.114. The molecule has 2 aromatic rings. The average Bonchev–Trinajstić information content (AvgIpc) is 2.67. The summed E-state index contributed by atoms with van der Waals surface area (Å²) in [6.45, 7) is 5.64. The zero-order valence-electron chi connectivity index (χ0n) is 16.6. The fourth-order valence-corrected chi connectivity index (χ4v) is 4.14. The van der Waals surface area contributed by atoms with Crippen LogP contribution in [0.4, 0.5) is 0 Å². The number of rotatable bonds is 7. The first-order valence-electron chi connectivity index (χ1n) is 9.12. The lowest BCUT2D eigenvalue weighted by Crippen LogP contribution is -2.08. The number of sulfone groups is 2. The van der Waals surface area contributed by atoms with Gasteiger partial charge in [0.25, 0.3) is 0 Å². The number of hydrogen-bond donors (Lipinski definition) is 0. The van der Waals surface area contributed by atoms with Gasteiger partial charge in [0.05, 0.1) is 21.5 Å². The standard InChI is InChI=1S/C22H24O5S2/c1-4-5-20(14-16-28(23,24)21-10-6-18(2)7-11-21)27-15-17-29(25,26)22-12-8-19(3)9-13-22/h6-13,15,17,20H,4-5H2,1-3H3/b17-15+. The summed E-state index contributed by atoms with van der Waals surface area (Å²) in [6, 6.07) is 12.9. The molecule has 0 bridgehead atoms. The van der Waals surface area contributed by atoms with Gasteiger partial charge in [0, 0.05) is 5.25 Å². The fourth-order valence-electron chi connectivity index (χ4n) is 2.36. The molecule has 0 aliphatic rings. The molecular formula is C22H24O5S2. The molecule has 0 fully saturated rings. The van der Waals surface area contributed by atoms with E-state index in [1.165, 1.54) is 24.3 Å². The molecule has 7 heteroatoms. The van der Waals surface area contributed by atoms with Crippen molar-refractivity contribution < 1.29 is 21.6 Å². The Hall–Kier alpha value is -2.56. The van der Waals surface area contributed by atoms with Crippen LogP contribution in [0.3, 0.4) is 0 Å². The molecule has 0 aliphatic carbocycles. The van der Waals surface area contributed by atoms with Crippen molar-refractivity contribution in [2.24, 2.45) is 0 Å². The molecular weight excluding hydrogens is 408 g/mol. The van der Waals surface area contributed by atoms with E-state index in [-0.39, 0.29) is 9.79 Å². The van der Waals surface area contributed by atoms with E-state index in [0.717, 1.165) is 22.8 Å². The summed E-state index contributed by atoms with van der Waals surface area (Å²) in [6.07, 6.45) is 1.49. The highest BCUT2D eigenvalue weighted by molar-refractivity contribution is 7.96. The Labute approximate surface area is 173 Å². The second kappa shape index (κ2) is 9.77. The highest BCUT2D eigenvalue weighted by atomic mass is 32.2. The first-order valence-corrected chi connectivity index (χ1v) is 12.1. The van der Waals surface area contributed by atoms with Crippen molar-refractivity contribution in [1.29, 1.82) is 0 Å². The van der Waals surface area contributed by atoms with Gasteiger partial charge in [0.2, 0.25) is 19.7 Å². The van der Waals surface area contributed by atoms with Crippen molar-refractivity contribution in [2.75, 3.05) is 0 Å². The molecule has 0 aromatic heterocycles. The Morgan fingerprint density at radius 2 is 1.41 bits per heavy atom. The fraction of sp³-hybridized carbons (Fsp3) is 0.273. The Bertz CT molecular complexity index is 1120. The second-order valence-corrected chi connectivity index (χ2v) is 10.1. The molecule has 0 amide bonds. The Morgan fingerprint density at radius 3 is 1.93 bits per heavy atom. The van der Waals surface area contributed by atoms with Gasteiger partial charge in [-0.15, -0.1) is 0 Å². The van der Waals surface area contributed by atoms with Crippen LogP contribution in [0, 0.1) is 25.0 Å². The second-order valence-electron chi connectivity index (χ2n) is 6.61. The monoisotopic (exact) mass is 432 g/mol. The molecule has 154 valence electrons. The molecule has 1 atom stereocenters. The number of aryl methyl sites for hydroxylation is 2. The van der Waals surface area contributed by atoms with Crippen molar-refractivity contribution in [2.45, 2.75) is 49.5 Å². The van der Waals surface area contributed by atoms with Crippen molar-refractivity contribution in [3.63, 3.8) is 0 Å². The third-order valence-corrected chi connectivity index (χ3v) is 6.74. The molecule has 1 unspecified atom stereocenters. The third-order valence-electron chi connectivity index (χ3n) is 4.06. The zero-order valence-corrected chi connectivity index (χ0v) is 18.3. The van der Waals surface area contributed by atoms with Crippen LogP contribution in [0.25, 0.3) is 0 Å². The van der Waals surface area contributed by atoms with E-state index in [0.29, 0.717) is 12.8 Å². The summed E-state index contributed by atoms with van der Waals surface area (Å²) in [5.41, 5.74) is 1.90. The van der Waals surface area contributed by atoms with E-state index >= 15 is 0 Å². The van der Waals surface area contributed by atoms with Gasteiger partial charge in [0.1, 0.15) is 0 Å². The lowest BCUT2D eigenvalue weighted by Gasteiger charge is -2.09. The van der Waals surface area contributed by atoms with Crippen LogP contribution in [0.5, 0.6) is 0 Å². The van der Waals surface area contributed by atoms with Crippen LogP contribution in [0.2, 0.25) is 0 Å². The molecule has 0 radical (unpaired) electrons. The van der Waals surface area contributed by atoms with Gasteiger partial charge in [-0.3, -0.25) is 0 Å². The minimum atomic E-state index is -3.77. The number of benzene rings is 2. The summed E-state index contributed by atoms with van der Waals surface area (Å²) in [7, 11) is -7.42. The van der Waals surface area contributed by atoms with Crippen LogP contribution in [0.1, 0.15) is 30.9 Å². The summed E-state index contributed by atoms with van der Waals surface area (Å²) in [5.74, 6) is 2.60. The molecule has 0 heterocycles. The maximum Gasteiger partial charge on any atom is 0.245 e. The average molecular weight is 433 g/mol. The maximum absolute atomic E-state index is 12.4. The van der Waals surface area contributed by atoms with Gasteiger partial charge in [0.15, 0.2) is 6.10 Å². The predicted octanol–water partition coefficient (Wildman–Crippen LogP) is 4.17. The smallest absolute Gasteiger partial charge is 0.245 e. The molecule has 2 rings (SSSR count). The van der Waals surface area contributed by atoms with E-state index in [9.17, 15) is 16.8 Å². The summed E-state index contributed by atoms with van der Waals surface area (Å²) in [5, 5.41) is 3.23. The predicted molar refractivity (Wildman–Crippen MR) is 113 cm³/mol. The van der Waals surface area contributed by atoms with E-state index in [1.807, 2.05) is 20.8 Å². The number of hydrogen-bond acceptors (Lipinski definition) is 5. The zero-order chi connectivity index (χ0) is 21.5. The first kappa shape index (κ1) is 22.7. The van der Waals surface area contributed by atoms with Crippen molar-refractivity contribution in [3.05, 3.63) is 71.3 Å². The largest absolute Gasteiger partial charge is 0.485 e. The highest BCUT2D eigenvalue weighted by Gasteiger charge is 2.13. The molecule has 0 N–H and O–H groups in total. The molecule has 0 saturated carbocycles. The van der Waals surface area contributed by atoms with Gasteiger partial charge < -0.3 is 4.74 Å². The van der Waals surface area contributed by atoms with E-state index in [4.69, 9.17) is 4.74 Å². The lowest BCUT2D eigenvalue weighted by atomic mass is 10.2. The minimum Gasteiger partial charge on any atom is -0.485 e. The Kier molecular flexibility index (Phi) is 7.66. The normalized spacial score (nSPS) is 12.9. The van der Waals surface area contributed by atoms with Crippen molar-refractivity contribution >= 4 is 19.7 Å². The molecule has 0 saturated heterocycles. The van der Waals surface area contributed by atoms with E-state index in [1.54, 1.807) is 24.3 Å². The van der Waals surface area contributed by atoms with Crippen molar-refractivity contribution in [1.82, 2.24) is 0 Å². The lowest BCUT2D eigenvalue weighted by molar-refractivity contribution is 0.185. The molecule has 2 aromatic carbocycles.